The second-order valence-electron chi connectivity index (χ2n) is 6.55. The van der Waals surface area contributed by atoms with Crippen LogP contribution in [0.2, 0.25) is 0 Å². The Morgan fingerprint density at radius 2 is 2.12 bits per heavy atom. The highest BCUT2D eigenvalue weighted by Crippen LogP contribution is 2.28. The van der Waals surface area contributed by atoms with Gasteiger partial charge in [0.25, 0.3) is 0 Å². The van der Waals surface area contributed by atoms with Gasteiger partial charge in [0.15, 0.2) is 5.16 Å². The van der Waals surface area contributed by atoms with Crippen LogP contribution in [-0.4, -0.2) is 39.5 Å². The largest absolute Gasteiger partial charge is 0.467 e. The lowest BCUT2D eigenvalue weighted by molar-refractivity contribution is -0.115. The molecule has 0 radical (unpaired) electrons. The number of primary amides is 1. The molecule has 0 bridgehead atoms. The van der Waals surface area contributed by atoms with Crippen LogP contribution in [0.4, 0.5) is 5.95 Å². The van der Waals surface area contributed by atoms with E-state index in [4.69, 9.17) is 10.2 Å². The van der Waals surface area contributed by atoms with Gasteiger partial charge in [0, 0.05) is 13.1 Å². The van der Waals surface area contributed by atoms with E-state index in [1.54, 1.807) is 6.26 Å². The summed E-state index contributed by atoms with van der Waals surface area (Å²) in [4.78, 5) is 13.4. The van der Waals surface area contributed by atoms with Crippen molar-refractivity contribution in [1.29, 1.82) is 0 Å². The number of carbonyl (C=O) groups is 1. The number of nitrogens with two attached hydrogens (primary N) is 1. The number of rotatable bonds is 6. The lowest BCUT2D eigenvalue weighted by atomic mass is 9.92. The third-order valence-electron chi connectivity index (χ3n) is 4.09. The molecular weight excluding hydrogens is 326 g/mol. The van der Waals surface area contributed by atoms with E-state index in [0.717, 1.165) is 24.8 Å². The smallest absolute Gasteiger partial charge is 0.228 e. The maximum absolute atomic E-state index is 11.1. The topological polar surface area (TPSA) is 90.2 Å². The molecule has 1 saturated heterocycles. The average molecular weight is 349 g/mol. The summed E-state index contributed by atoms with van der Waals surface area (Å²) in [6.07, 6.45) is 2.88. The molecule has 2 aromatic rings. The molecule has 24 heavy (non-hydrogen) atoms. The molecule has 2 N–H and O–H groups in total. The molecule has 1 aliphatic rings. The zero-order chi connectivity index (χ0) is 17.1. The first kappa shape index (κ1) is 16.9. The van der Waals surface area contributed by atoms with Crippen LogP contribution < -0.4 is 10.6 Å². The predicted octanol–water partition coefficient (Wildman–Crippen LogP) is 1.98. The molecule has 3 heterocycles. The molecule has 0 aliphatic carbocycles. The highest BCUT2D eigenvalue weighted by Gasteiger charge is 2.27. The third-order valence-corrected chi connectivity index (χ3v) is 5.08. The van der Waals surface area contributed by atoms with Crippen molar-refractivity contribution >= 4 is 23.6 Å². The summed E-state index contributed by atoms with van der Waals surface area (Å²) in [6, 6.07) is 3.79. The van der Waals surface area contributed by atoms with E-state index in [-0.39, 0.29) is 11.7 Å². The first-order valence-electron chi connectivity index (χ1n) is 8.14. The van der Waals surface area contributed by atoms with E-state index in [0.29, 0.717) is 23.5 Å². The normalized spacial score (nSPS) is 21.2. The van der Waals surface area contributed by atoms with Crippen molar-refractivity contribution in [3.05, 3.63) is 24.2 Å². The molecular formula is C16H23N5O2S. The molecule has 130 valence electrons. The van der Waals surface area contributed by atoms with Gasteiger partial charge in [-0.3, -0.25) is 9.36 Å². The molecule has 2 aromatic heterocycles. The summed E-state index contributed by atoms with van der Waals surface area (Å²) in [5.74, 6) is 2.71. The Morgan fingerprint density at radius 3 is 2.75 bits per heavy atom. The summed E-state index contributed by atoms with van der Waals surface area (Å²) in [6.45, 7) is 6.98. The van der Waals surface area contributed by atoms with Crippen molar-refractivity contribution in [2.45, 2.75) is 32.0 Å². The number of carbonyl (C=O) groups excluding carboxylic acids is 1. The van der Waals surface area contributed by atoms with Gasteiger partial charge in [-0.25, -0.2) is 0 Å². The van der Waals surface area contributed by atoms with Gasteiger partial charge in [0.2, 0.25) is 11.9 Å². The van der Waals surface area contributed by atoms with Crippen LogP contribution in [0.1, 0.15) is 26.0 Å². The number of anilines is 1. The van der Waals surface area contributed by atoms with E-state index < -0.39 is 0 Å². The number of furan rings is 1. The monoisotopic (exact) mass is 349 g/mol. The SMILES string of the molecule is C[C@H]1C[C@H](C)CN(c2nnc(SCC(N)=O)n2Cc2ccco2)C1. The number of amides is 1. The fourth-order valence-corrected chi connectivity index (χ4v) is 3.95. The second-order valence-corrected chi connectivity index (χ2v) is 7.50. The Morgan fingerprint density at radius 1 is 1.38 bits per heavy atom. The third kappa shape index (κ3) is 3.92. The van der Waals surface area contributed by atoms with Crippen LogP contribution in [0.15, 0.2) is 28.0 Å². The van der Waals surface area contributed by atoms with Crippen molar-refractivity contribution in [2.75, 3.05) is 23.7 Å². The van der Waals surface area contributed by atoms with Crippen LogP contribution in [0.25, 0.3) is 0 Å². The quantitative estimate of drug-likeness (QED) is 0.802. The molecule has 8 heteroatoms. The zero-order valence-corrected chi connectivity index (χ0v) is 14.8. The lowest BCUT2D eigenvalue weighted by Gasteiger charge is -2.35. The van der Waals surface area contributed by atoms with Crippen molar-refractivity contribution in [1.82, 2.24) is 14.8 Å². The highest BCUT2D eigenvalue weighted by molar-refractivity contribution is 7.99. The Kier molecular flexibility index (Phi) is 5.13. The lowest BCUT2D eigenvalue weighted by Crippen LogP contribution is -2.40. The van der Waals surface area contributed by atoms with Gasteiger partial charge < -0.3 is 15.1 Å². The Labute approximate surface area is 145 Å². The highest BCUT2D eigenvalue weighted by atomic mass is 32.2. The predicted molar refractivity (Wildman–Crippen MR) is 92.9 cm³/mol. The summed E-state index contributed by atoms with van der Waals surface area (Å²) >= 11 is 1.31. The summed E-state index contributed by atoms with van der Waals surface area (Å²) in [7, 11) is 0. The Balaban J connectivity index is 1.88. The molecule has 0 spiro atoms. The van der Waals surface area contributed by atoms with Crippen LogP contribution in [0.5, 0.6) is 0 Å². The van der Waals surface area contributed by atoms with Gasteiger partial charge in [0.05, 0.1) is 18.6 Å². The number of piperidine rings is 1. The van der Waals surface area contributed by atoms with Gasteiger partial charge in [-0.2, -0.15) is 0 Å². The zero-order valence-electron chi connectivity index (χ0n) is 14.0. The van der Waals surface area contributed by atoms with Crippen LogP contribution in [0.3, 0.4) is 0 Å². The molecule has 0 aromatic carbocycles. The molecule has 3 rings (SSSR count). The Hall–Kier alpha value is -1.96. The van der Waals surface area contributed by atoms with Gasteiger partial charge in [0.1, 0.15) is 5.76 Å². The van der Waals surface area contributed by atoms with E-state index in [1.807, 2.05) is 16.7 Å². The number of hydrogen-bond acceptors (Lipinski definition) is 6. The van der Waals surface area contributed by atoms with Gasteiger partial charge in [-0.05, 0) is 30.4 Å². The first-order valence-corrected chi connectivity index (χ1v) is 9.13. The molecule has 7 nitrogen and oxygen atoms in total. The molecule has 0 saturated carbocycles. The number of aromatic nitrogens is 3. The second kappa shape index (κ2) is 7.29. The summed E-state index contributed by atoms with van der Waals surface area (Å²) < 4.78 is 7.49. The summed E-state index contributed by atoms with van der Waals surface area (Å²) in [5.41, 5.74) is 5.27. The summed E-state index contributed by atoms with van der Waals surface area (Å²) in [5, 5.41) is 9.36. The minimum Gasteiger partial charge on any atom is -0.467 e. The van der Waals surface area contributed by atoms with Crippen LogP contribution in [-0.2, 0) is 11.3 Å². The van der Waals surface area contributed by atoms with Crippen molar-refractivity contribution in [3.63, 3.8) is 0 Å². The fraction of sp³-hybridized carbons (Fsp3) is 0.562. The van der Waals surface area contributed by atoms with Crippen LogP contribution >= 0.6 is 11.8 Å². The number of hydrogen-bond donors (Lipinski definition) is 1. The van der Waals surface area contributed by atoms with Gasteiger partial charge in [-0.1, -0.05) is 25.6 Å². The van der Waals surface area contributed by atoms with Gasteiger partial charge >= 0.3 is 0 Å². The van der Waals surface area contributed by atoms with E-state index in [9.17, 15) is 4.79 Å². The molecule has 0 unspecified atom stereocenters. The van der Waals surface area contributed by atoms with Crippen LogP contribution in [0, 0.1) is 11.8 Å². The fourth-order valence-electron chi connectivity index (χ4n) is 3.28. The number of nitrogens with zero attached hydrogens (tertiary/aromatic N) is 4. The molecule has 2 atom stereocenters. The maximum Gasteiger partial charge on any atom is 0.228 e. The average Bonchev–Trinajstić information content (AvgIpc) is 3.14. The Bertz CT molecular complexity index is 675. The molecule has 1 aliphatic heterocycles. The molecule has 1 amide bonds. The standard InChI is InChI=1S/C16H23N5O2S/c1-11-6-12(2)8-20(7-11)15-18-19-16(24-10-14(17)22)21(15)9-13-4-3-5-23-13/h3-5,11-12H,6-10H2,1-2H3,(H2,17,22)/t11-,12-/m0/s1. The maximum atomic E-state index is 11.1. The van der Waals surface area contributed by atoms with E-state index >= 15 is 0 Å². The van der Waals surface area contributed by atoms with Crippen molar-refractivity contribution < 1.29 is 9.21 Å². The number of thioether (sulfide) groups is 1. The van der Waals surface area contributed by atoms with Crippen molar-refractivity contribution in [3.8, 4) is 0 Å². The van der Waals surface area contributed by atoms with E-state index in [1.165, 1.54) is 18.2 Å². The van der Waals surface area contributed by atoms with Crippen molar-refractivity contribution in [2.24, 2.45) is 17.6 Å². The first-order chi connectivity index (χ1) is 11.5. The minimum absolute atomic E-state index is 0.184. The van der Waals surface area contributed by atoms with E-state index in [2.05, 4.69) is 28.9 Å². The molecule has 1 fully saturated rings. The minimum atomic E-state index is -0.366. The van der Waals surface area contributed by atoms with Gasteiger partial charge in [-0.15, -0.1) is 10.2 Å².